The minimum Gasteiger partial charge on any atom is -0.445 e. The van der Waals surface area contributed by atoms with E-state index in [1.54, 1.807) is 0 Å². The zero-order chi connectivity index (χ0) is 22.8. The van der Waals surface area contributed by atoms with Crippen molar-refractivity contribution in [2.24, 2.45) is 11.7 Å². The first-order valence-electron chi connectivity index (χ1n) is 10.8. The Morgan fingerprint density at radius 2 is 1.59 bits per heavy atom. The van der Waals surface area contributed by atoms with Crippen LogP contribution in [-0.2, 0) is 22.7 Å². The summed E-state index contributed by atoms with van der Waals surface area (Å²) in [5.74, 6) is 0.187. The molecule has 2 aromatic carbocycles. The van der Waals surface area contributed by atoms with E-state index >= 15 is 0 Å². The lowest BCUT2D eigenvalue weighted by Gasteiger charge is -2.38. The lowest BCUT2D eigenvalue weighted by atomic mass is 9.88. The summed E-state index contributed by atoms with van der Waals surface area (Å²) in [4.78, 5) is 26.5. The van der Waals surface area contributed by atoms with Crippen LogP contribution in [-0.4, -0.2) is 42.1 Å². The second kappa shape index (κ2) is 11.9. The molecule has 0 aliphatic carbocycles. The molecule has 1 heterocycles. The third-order valence-electron chi connectivity index (χ3n) is 5.51. The van der Waals surface area contributed by atoms with Gasteiger partial charge in [-0.2, -0.15) is 0 Å². The molecule has 4 N–H and O–H groups in total. The topological polar surface area (TPSA) is 118 Å². The first kappa shape index (κ1) is 23.3. The summed E-state index contributed by atoms with van der Waals surface area (Å²) in [5, 5.41) is 10.9. The molecule has 0 spiro atoms. The number of amidine groups is 1. The number of nitrogens with zero attached hydrogens (tertiary/aromatic N) is 1. The quantitative estimate of drug-likeness (QED) is 0.450. The summed E-state index contributed by atoms with van der Waals surface area (Å²) in [6.07, 6.45) is 0.886. The summed E-state index contributed by atoms with van der Waals surface area (Å²) in [6.45, 7) is 1.22. The Balaban J connectivity index is 1.59. The lowest BCUT2D eigenvalue weighted by molar-refractivity contribution is 0.0699. The highest BCUT2D eigenvalue weighted by Gasteiger charge is 2.35. The van der Waals surface area contributed by atoms with Crippen molar-refractivity contribution < 1.29 is 19.1 Å². The summed E-state index contributed by atoms with van der Waals surface area (Å²) in [5.41, 5.74) is 7.45. The molecule has 8 heteroatoms. The second-order valence-corrected chi connectivity index (χ2v) is 7.82. The van der Waals surface area contributed by atoms with E-state index in [0.29, 0.717) is 19.5 Å². The van der Waals surface area contributed by atoms with Crippen LogP contribution in [0.3, 0.4) is 0 Å². The van der Waals surface area contributed by atoms with E-state index in [-0.39, 0.29) is 25.0 Å². The fourth-order valence-corrected chi connectivity index (χ4v) is 3.78. The first-order chi connectivity index (χ1) is 15.6. The zero-order valence-electron chi connectivity index (χ0n) is 18.0. The lowest BCUT2D eigenvalue weighted by Crippen LogP contribution is -2.54. The molecule has 32 heavy (non-hydrogen) atoms. The van der Waals surface area contributed by atoms with Gasteiger partial charge in [-0.1, -0.05) is 60.7 Å². The number of carbonyl (C=O) groups is 2. The maximum atomic E-state index is 12.8. The van der Waals surface area contributed by atoms with Crippen LogP contribution in [0.2, 0.25) is 0 Å². The number of amides is 2. The van der Waals surface area contributed by atoms with Crippen LogP contribution in [0.1, 0.15) is 30.4 Å². The highest BCUT2D eigenvalue weighted by atomic mass is 16.6. The van der Waals surface area contributed by atoms with Gasteiger partial charge in [-0.25, -0.2) is 9.59 Å². The van der Waals surface area contributed by atoms with E-state index in [1.807, 2.05) is 60.7 Å². The molecule has 0 radical (unpaired) electrons. The van der Waals surface area contributed by atoms with Gasteiger partial charge < -0.3 is 15.2 Å². The molecule has 1 aliphatic heterocycles. The Morgan fingerprint density at radius 1 is 1.00 bits per heavy atom. The van der Waals surface area contributed by atoms with Gasteiger partial charge >= 0.3 is 12.2 Å². The van der Waals surface area contributed by atoms with Crippen LogP contribution in [0, 0.1) is 11.3 Å². The van der Waals surface area contributed by atoms with Crippen molar-refractivity contribution in [1.29, 1.82) is 5.41 Å². The smallest absolute Gasteiger partial charge is 0.412 e. The monoisotopic (exact) mass is 438 g/mol. The molecule has 0 bridgehead atoms. The van der Waals surface area contributed by atoms with Gasteiger partial charge in [0.1, 0.15) is 19.0 Å². The third kappa shape index (κ3) is 6.81. The van der Waals surface area contributed by atoms with Crippen LogP contribution in [0.15, 0.2) is 60.7 Å². The van der Waals surface area contributed by atoms with Crippen LogP contribution >= 0.6 is 0 Å². The van der Waals surface area contributed by atoms with Gasteiger partial charge in [0.2, 0.25) is 0 Å². The van der Waals surface area contributed by atoms with Crippen LogP contribution < -0.4 is 11.1 Å². The number of benzene rings is 2. The normalized spacial score (nSPS) is 18.0. The van der Waals surface area contributed by atoms with Crippen molar-refractivity contribution in [3.63, 3.8) is 0 Å². The van der Waals surface area contributed by atoms with Gasteiger partial charge in [0.15, 0.2) is 0 Å². The SMILES string of the molecule is N=C(NC(=O)OCc1ccccc1)C1CC(CCN)CCN1C(=O)OCc1ccccc1. The molecular weight excluding hydrogens is 408 g/mol. The summed E-state index contributed by atoms with van der Waals surface area (Å²) in [6, 6.07) is 18.1. The van der Waals surface area contributed by atoms with Crippen molar-refractivity contribution in [3.8, 4) is 0 Å². The molecule has 2 unspecified atom stereocenters. The highest BCUT2D eigenvalue weighted by Crippen LogP contribution is 2.26. The number of nitrogens with two attached hydrogens (primary N) is 1. The number of nitrogens with one attached hydrogen (secondary N) is 2. The van der Waals surface area contributed by atoms with Gasteiger partial charge in [0, 0.05) is 6.54 Å². The van der Waals surface area contributed by atoms with Crippen molar-refractivity contribution >= 4 is 18.0 Å². The van der Waals surface area contributed by atoms with E-state index in [4.69, 9.17) is 20.6 Å². The average molecular weight is 439 g/mol. The summed E-state index contributed by atoms with van der Waals surface area (Å²) >= 11 is 0. The standard InChI is InChI=1S/C24H30N4O4/c25-13-11-18-12-14-28(24(30)32-17-20-9-5-2-6-10-20)21(15-18)22(26)27-23(29)31-16-19-7-3-1-4-8-19/h1-10,18,21H,11-17,25H2,(H2,26,27,29). The minimum absolute atomic E-state index is 0.0820. The van der Waals surface area contributed by atoms with Gasteiger partial charge in [-0.3, -0.25) is 15.6 Å². The molecule has 1 fully saturated rings. The van der Waals surface area contributed by atoms with Gasteiger partial charge in [0.05, 0.1) is 6.04 Å². The molecule has 1 aliphatic rings. The Hall–Kier alpha value is -3.39. The molecule has 0 aromatic heterocycles. The van der Waals surface area contributed by atoms with Crippen molar-refractivity contribution in [1.82, 2.24) is 10.2 Å². The number of ether oxygens (including phenoxy) is 2. The number of carbonyl (C=O) groups excluding carboxylic acids is 2. The Labute approximate surface area is 188 Å². The Bertz CT molecular complexity index is 891. The molecule has 0 saturated carbocycles. The Kier molecular flexibility index (Phi) is 8.62. The summed E-state index contributed by atoms with van der Waals surface area (Å²) < 4.78 is 10.7. The van der Waals surface area contributed by atoms with Gasteiger partial charge in [-0.15, -0.1) is 0 Å². The first-order valence-corrected chi connectivity index (χ1v) is 10.8. The predicted molar refractivity (Wildman–Crippen MR) is 121 cm³/mol. The van der Waals surface area contributed by atoms with Gasteiger partial charge in [-0.05, 0) is 42.9 Å². The van der Waals surface area contributed by atoms with Crippen LogP contribution in [0.4, 0.5) is 9.59 Å². The molecular formula is C24H30N4O4. The predicted octanol–water partition coefficient (Wildman–Crippen LogP) is 3.66. The molecule has 3 rings (SSSR count). The maximum absolute atomic E-state index is 12.8. The Morgan fingerprint density at radius 3 is 2.19 bits per heavy atom. The number of piperidine rings is 1. The van der Waals surface area contributed by atoms with E-state index < -0.39 is 18.2 Å². The number of hydrogen-bond acceptors (Lipinski definition) is 6. The molecule has 2 amide bonds. The van der Waals surface area contributed by atoms with Crippen LogP contribution in [0.25, 0.3) is 0 Å². The molecule has 1 saturated heterocycles. The molecule has 170 valence electrons. The maximum Gasteiger partial charge on any atom is 0.412 e. The zero-order valence-corrected chi connectivity index (χ0v) is 18.0. The van der Waals surface area contributed by atoms with Gasteiger partial charge in [0.25, 0.3) is 0 Å². The van der Waals surface area contributed by atoms with Crippen LogP contribution in [0.5, 0.6) is 0 Å². The number of rotatable bonds is 7. The van der Waals surface area contributed by atoms with E-state index in [2.05, 4.69) is 5.32 Å². The summed E-state index contributed by atoms with van der Waals surface area (Å²) in [7, 11) is 0. The number of alkyl carbamates (subject to hydrolysis) is 1. The van der Waals surface area contributed by atoms with E-state index in [9.17, 15) is 9.59 Å². The minimum atomic E-state index is -0.725. The van der Waals surface area contributed by atoms with Crippen molar-refractivity contribution in [2.45, 2.75) is 38.5 Å². The second-order valence-electron chi connectivity index (χ2n) is 7.82. The average Bonchev–Trinajstić information content (AvgIpc) is 2.82. The van der Waals surface area contributed by atoms with Crippen molar-refractivity contribution in [2.75, 3.05) is 13.1 Å². The highest BCUT2D eigenvalue weighted by molar-refractivity contribution is 5.98. The fraction of sp³-hybridized carbons (Fsp3) is 0.375. The molecule has 2 atom stereocenters. The van der Waals surface area contributed by atoms with E-state index in [1.165, 1.54) is 4.90 Å². The third-order valence-corrected chi connectivity index (χ3v) is 5.51. The fourth-order valence-electron chi connectivity index (χ4n) is 3.78. The van der Waals surface area contributed by atoms with E-state index in [0.717, 1.165) is 24.0 Å². The number of hydrogen-bond donors (Lipinski definition) is 3. The number of likely N-dealkylation sites (tertiary alicyclic amines) is 1. The van der Waals surface area contributed by atoms with Crippen molar-refractivity contribution in [3.05, 3.63) is 71.8 Å². The molecule has 2 aromatic rings. The largest absolute Gasteiger partial charge is 0.445 e. The molecule has 8 nitrogen and oxygen atoms in total.